The zero-order chi connectivity index (χ0) is 16.8. The maximum atomic E-state index is 12.2. The van der Waals surface area contributed by atoms with E-state index in [4.69, 9.17) is 16.2 Å². The van der Waals surface area contributed by atoms with Crippen LogP contribution in [0.25, 0.3) is 6.08 Å². The Bertz CT molecular complexity index is 651. The van der Waals surface area contributed by atoms with Crippen LogP contribution in [-0.4, -0.2) is 41.7 Å². The number of carbonyl (C=O) groups excluding carboxylic acids is 2. The Hall–Kier alpha value is -2.48. The SMILES string of the molecule is CCOc1ccc(/C=C2/SC(=O)N(CCN=C(N)N)C2=O)cc1. The van der Waals surface area contributed by atoms with Crippen molar-refractivity contribution in [2.45, 2.75) is 6.92 Å². The number of nitrogens with two attached hydrogens (primary N) is 2. The number of rotatable bonds is 6. The summed E-state index contributed by atoms with van der Waals surface area (Å²) in [7, 11) is 0. The first-order valence-corrected chi connectivity index (χ1v) is 7.86. The fourth-order valence-electron chi connectivity index (χ4n) is 1.95. The Balaban J connectivity index is 2.07. The number of ether oxygens (including phenoxy) is 1. The highest BCUT2D eigenvalue weighted by molar-refractivity contribution is 8.18. The van der Waals surface area contributed by atoms with Gasteiger partial charge >= 0.3 is 0 Å². The molecule has 1 fully saturated rings. The second kappa shape index (κ2) is 7.68. The standard InChI is InChI=1S/C15H18N4O3S/c1-2-22-11-5-3-10(4-6-11)9-12-13(20)19(15(21)23-12)8-7-18-14(16)17/h3-6,9H,2,7-8H2,1H3,(H4,16,17,18)/b12-9+. The number of hydrogen-bond acceptors (Lipinski definition) is 5. The molecule has 0 atom stereocenters. The Morgan fingerprint density at radius 2 is 2.00 bits per heavy atom. The fraction of sp³-hybridized carbons (Fsp3) is 0.267. The summed E-state index contributed by atoms with van der Waals surface area (Å²) >= 11 is 0.906. The van der Waals surface area contributed by atoms with Gasteiger partial charge < -0.3 is 16.2 Å². The van der Waals surface area contributed by atoms with Gasteiger partial charge in [-0.05, 0) is 42.5 Å². The predicted molar refractivity (Wildman–Crippen MR) is 91.0 cm³/mol. The highest BCUT2D eigenvalue weighted by atomic mass is 32.2. The lowest BCUT2D eigenvalue weighted by Gasteiger charge is -2.10. The van der Waals surface area contributed by atoms with E-state index >= 15 is 0 Å². The Kier molecular flexibility index (Phi) is 5.64. The molecule has 1 saturated heterocycles. The molecule has 2 amide bonds. The molecule has 23 heavy (non-hydrogen) atoms. The van der Waals surface area contributed by atoms with E-state index in [9.17, 15) is 9.59 Å². The highest BCUT2D eigenvalue weighted by Gasteiger charge is 2.34. The molecule has 0 saturated carbocycles. The van der Waals surface area contributed by atoms with Crippen LogP contribution in [0.3, 0.4) is 0 Å². The van der Waals surface area contributed by atoms with Gasteiger partial charge in [0.2, 0.25) is 0 Å². The van der Waals surface area contributed by atoms with E-state index in [1.54, 1.807) is 6.08 Å². The molecule has 0 aromatic heterocycles. The number of nitrogens with zero attached hydrogens (tertiary/aromatic N) is 2. The van der Waals surface area contributed by atoms with Crippen LogP contribution in [0.4, 0.5) is 4.79 Å². The summed E-state index contributed by atoms with van der Waals surface area (Å²) in [4.78, 5) is 29.4. The van der Waals surface area contributed by atoms with Gasteiger partial charge in [0.25, 0.3) is 11.1 Å². The van der Waals surface area contributed by atoms with Crippen molar-refractivity contribution < 1.29 is 14.3 Å². The normalized spacial score (nSPS) is 16.0. The third kappa shape index (κ3) is 4.49. The molecule has 8 heteroatoms. The third-order valence-electron chi connectivity index (χ3n) is 2.98. The summed E-state index contributed by atoms with van der Waals surface area (Å²) < 4.78 is 5.36. The average molecular weight is 334 g/mol. The van der Waals surface area contributed by atoms with Crippen LogP contribution in [0.1, 0.15) is 12.5 Å². The second-order valence-corrected chi connectivity index (χ2v) is 5.64. The predicted octanol–water partition coefficient (Wildman–Crippen LogP) is 1.39. The highest BCUT2D eigenvalue weighted by Crippen LogP contribution is 2.32. The monoisotopic (exact) mass is 334 g/mol. The number of imide groups is 1. The lowest BCUT2D eigenvalue weighted by atomic mass is 10.2. The van der Waals surface area contributed by atoms with Crippen molar-refractivity contribution in [3.8, 4) is 5.75 Å². The largest absolute Gasteiger partial charge is 0.494 e. The van der Waals surface area contributed by atoms with Crippen molar-refractivity contribution in [2.24, 2.45) is 16.5 Å². The van der Waals surface area contributed by atoms with E-state index in [0.717, 1.165) is 28.0 Å². The van der Waals surface area contributed by atoms with Crippen LogP contribution in [0, 0.1) is 0 Å². The number of hydrogen-bond donors (Lipinski definition) is 2. The lowest BCUT2D eigenvalue weighted by molar-refractivity contribution is -0.122. The average Bonchev–Trinajstić information content (AvgIpc) is 2.76. The molecule has 1 heterocycles. The molecule has 0 unspecified atom stereocenters. The van der Waals surface area contributed by atoms with Crippen molar-refractivity contribution >= 4 is 34.9 Å². The van der Waals surface area contributed by atoms with E-state index in [2.05, 4.69) is 4.99 Å². The van der Waals surface area contributed by atoms with E-state index in [1.165, 1.54) is 0 Å². The molecule has 1 aromatic carbocycles. The number of amides is 2. The Labute approximate surface area is 138 Å². The number of benzene rings is 1. The van der Waals surface area contributed by atoms with Gasteiger partial charge in [0, 0.05) is 6.54 Å². The molecule has 0 bridgehead atoms. The Morgan fingerprint density at radius 3 is 2.61 bits per heavy atom. The number of aliphatic imine (C=N–C) groups is 1. The molecular formula is C15H18N4O3S. The molecule has 1 aliphatic heterocycles. The molecule has 1 aliphatic rings. The number of thioether (sulfide) groups is 1. The van der Waals surface area contributed by atoms with Gasteiger partial charge in [-0.15, -0.1) is 0 Å². The van der Waals surface area contributed by atoms with Crippen molar-refractivity contribution in [1.29, 1.82) is 0 Å². The van der Waals surface area contributed by atoms with E-state index in [-0.39, 0.29) is 30.2 Å². The minimum atomic E-state index is -0.334. The van der Waals surface area contributed by atoms with Crippen molar-refractivity contribution in [1.82, 2.24) is 4.90 Å². The van der Waals surface area contributed by atoms with Crippen molar-refractivity contribution in [2.75, 3.05) is 19.7 Å². The summed E-state index contributed by atoms with van der Waals surface area (Å²) in [6.45, 7) is 2.85. The van der Waals surface area contributed by atoms with E-state index in [1.807, 2.05) is 31.2 Å². The van der Waals surface area contributed by atoms with E-state index < -0.39 is 0 Å². The van der Waals surface area contributed by atoms with Gasteiger partial charge in [0.1, 0.15) is 5.75 Å². The molecule has 2 rings (SSSR count). The van der Waals surface area contributed by atoms with Crippen LogP contribution in [-0.2, 0) is 4.79 Å². The van der Waals surface area contributed by atoms with Crippen LogP contribution in [0.5, 0.6) is 5.75 Å². The summed E-state index contributed by atoms with van der Waals surface area (Å²) in [5.74, 6) is 0.358. The molecule has 4 N–H and O–H groups in total. The van der Waals surface area contributed by atoms with Crippen molar-refractivity contribution in [3.05, 3.63) is 34.7 Å². The zero-order valence-electron chi connectivity index (χ0n) is 12.7. The summed E-state index contributed by atoms with van der Waals surface area (Å²) in [6.07, 6.45) is 1.68. The Morgan fingerprint density at radius 1 is 1.30 bits per heavy atom. The van der Waals surface area contributed by atoms with Gasteiger partial charge in [-0.25, -0.2) is 0 Å². The van der Waals surface area contributed by atoms with Crippen LogP contribution < -0.4 is 16.2 Å². The first-order chi connectivity index (χ1) is 11.0. The number of guanidine groups is 1. The van der Waals surface area contributed by atoms with Crippen LogP contribution >= 0.6 is 11.8 Å². The maximum Gasteiger partial charge on any atom is 0.293 e. The van der Waals surface area contributed by atoms with Crippen LogP contribution in [0.15, 0.2) is 34.2 Å². The second-order valence-electron chi connectivity index (χ2n) is 4.64. The molecule has 0 spiro atoms. The summed E-state index contributed by atoms with van der Waals surface area (Å²) in [5.41, 5.74) is 11.3. The zero-order valence-corrected chi connectivity index (χ0v) is 13.5. The summed E-state index contributed by atoms with van der Waals surface area (Å²) in [5, 5.41) is -0.321. The number of carbonyl (C=O) groups is 2. The maximum absolute atomic E-state index is 12.2. The van der Waals surface area contributed by atoms with Gasteiger partial charge in [-0.1, -0.05) is 12.1 Å². The smallest absolute Gasteiger partial charge is 0.293 e. The quantitative estimate of drug-likeness (QED) is 0.462. The first-order valence-electron chi connectivity index (χ1n) is 7.05. The minimum Gasteiger partial charge on any atom is -0.494 e. The molecular weight excluding hydrogens is 316 g/mol. The third-order valence-corrected chi connectivity index (χ3v) is 3.89. The van der Waals surface area contributed by atoms with Gasteiger partial charge in [-0.3, -0.25) is 19.5 Å². The molecule has 7 nitrogen and oxygen atoms in total. The molecule has 1 aromatic rings. The lowest BCUT2D eigenvalue weighted by Crippen LogP contribution is -2.32. The minimum absolute atomic E-state index is 0.0677. The van der Waals surface area contributed by atoms with Crippen LogP contribution in [0.2, 0.25) is 0 Å². The van der Waals surface area contributed by atoms with Gasteiger partial charge in [0.15, 0.2) is 5.96 Å². The van der Waals surface area contributed by atoms with Gasteiger partial charge in [0.05, 0.1) is 18.1 Å². The molecule has 0 aliphatic carbocycles. The molecule has 0 radical (unpaired) electrons. The topological polar surface area (TPSA) is 111 Å². The summed E-state index contributed by atoms with van der Waals surface area (Å²) in [6, 6.07) is 7.30. The molecule has 122 valence electrons. The fourth-order valence-corrected chi connectivity index (χ4v) is 2.82. The van der Waals surface area contributed by atoms with Gasteiger partial charge in [-0.2, -0.15) is 0 Å². The first kappa shape index (κ1) is 16.9. The van der Waals surface area contributed by atoms with Crippen molar-refractivity contribution in [3.63, 3.8) is 0 Å². The van der Waals surface area contributed by atoms with E-state index in [0.29, 0.717) is 11.5 Å².